The lowest BCUT2D eigenvalue weighted by Crippen LogP contribution is -2.46. The molecule has 120 valence electrons. The fourth-order valence-electron chi connectivity index (χ4n) is 1.46. The number of ether oxygens (including phenoxy) is 2. The molecule has 0 saturated carbocycles. The third-order valence-electron chi connectivity index (χ3n) is 2.16. The Bertz CT molecular complexity index is 399. The van der Waals surface area contributed by atoms with Crippen LogP contribution in [0.2, 0.25) is 0 Å². The number of nitrogens with zero attached hydrogens (tertiary/aromatic N) is 1. The van der Waals surface area contributed by atoms with Crippen LogP contribution in [0, 0.1) is 11.3 Å². The predicted molar refractivity (Wildman–Crippen MR) is 78.5 cm³/mol. The van der Waals surface area contributed by atoms with Crippen LogP contribution < -0.4 is 5.32 Å². The van der Waals surface area contributed by atoms with E-state index in [1.807, 2.05) is 6.07 Å². The molecular weight excluding hydrogens is 272 g/mol. The molecule has 0 aliphatic rings. The molecule has 0 fully saturated rings. The molecule has 0 bridgehead atoms. The van der Waals surface area contributed by atoms with Crippen LogP contribution in [-0.4, -0.2) is 29.3 Å². The Morgan fingerprint density at radius 3 is 2.05 bits per heavy atom. The van der Waals surface area contributed by atoms with E-state index in [1.54, 1.807) is 41.5 Å². The van der Waals surface area contributed by atoms with E-state index in [-0.39, 0.29) is 0 Å². The highest BCUT2D eigenvalue weighted by molar-refractivity contribution is 5.81. The fraction of sp³-hybridized carbons (Fsp3) is 0.800. The maximum Gasteiger partial charge on any atom is 0.408 e. The van der Waals surface area contributed by atoms with Crippen molar-refractivity contribution in [1.82, 2.24) is 5.32 Å². The minimum absolute atomic E-state index is 0.315. The number of esters is 1. The summed E-state index contributed by atoms with van der Waals surface area (Å²) in [5, 5.41) is 11.1. The molecule has 0 radical (unpaired) electrons. The summed E-state index contributed by atoms with van der Waals surface area (Å²) in [6.45, 7) is 10.5. The van der Waals surface area contributed by atoms with Gasteiger partial charge in [-0.25, -0.2) is 9.59 Å². The monoisotopic (exact) mass is 298 g/mol. The Hall–Kier alpha value is -1.77. The van der Waals surface area contributed by atoms with Crippen molar-refractivity contribution in [3.63, 3.8) is 0 Å². The van der Waals surface area contributed by atoms with Gasteiger partial charge in [-0.15, -0.1) is 0 Å². The van der Waals surface area contributed by atoms with Gasteiger partial charge in [0.25, 0.3) is 0 Å². The van der Waals surface area contributed by atoms with Crippen molar-refractivity contribution in [1.29, 1.82) is 5.26 Å². The fourth-order valence-corrected chi connectivity index (χ4v) is 1.46. The minimum Gasteiger partial charge on any atom is -0.458 e. The summed E-state index contributed by atoms with van der Waals surface area (Å²) >= 11 is 0. The van der Waals surface area contributed by atoms with Crippen LogP contribution in [0.4, 0.5) is 4.79 Å². The average Bonchev–Trinajstić information content (AvgIpc) is 2.22. The Balaban J connectivity index is 4.70. The van der Waals surface area contributed by atoms with Crippen LogP contribution in [0.1, 0.15) is 60.8 Å². The van der Waals surface area contributed by atoms with Gasteiger partial charge < -0.3 is 14.8 Å². The van der Waals surface area contributed by atoms with Crippen LogP contribution in [0.5, 0.6) is 0 Å². The number of alkyl carbamates (subject to hydrolysis) is 1. The summed E-state index contributed by atoms with van der Waals surface area (Å²) in [7, 11) is 0. The minimum atomic E-state index is -0.813. The third-order valence-corrected chi connectivity index (χ3v) is 2.16. The van der Waals surface area contributed by atoms with Gasteiger partial charge in [-0.1, -0.05) is 0 Å². The van der Waals surface area contributed by atoms with Crippen LogP contribution in [0.3, 0.4) is 0 Å². The first-order chi connectivity index (χ1) is 9.44. The van der Waals surface area contributed by atoms with E-state index in [2.05, 4.69) is 5.32 Å². The molecule has 0 saturated heterocycles. The first kappa shape index (κ1) is 19.2. The van der Waals surface area contributed by atoms with E-state index in [0.717, 1.165) is 0 Å². The van der Waals surface area contributed by atoms with Crippen molar-refractivity contribution in [2.24, 2.45) is 0 Å². The molecule has 0 aromatic rings. The van der Waals surface area contributed by atoms with Gasteiger partial charge in [-0.3, -0.25) is 0 Å². The molecule has 0 rings (SSSR count). The van der Waals surface area contributed by atoms with Crippen molar-refractivity contribution in [2.75, 3.05) is 0 Å². The summed E-state index contributed by atoms with van der Waals surface area (Å²) < 4.78 is 10.4. The number of rotatable bonds is 5. The zero-order valence-corrected chi connectivity index (χ0v) is 13.8. The Morgan fingerprint density at radius 2 is 1.62 bits per heavy atom. The second-order valence-corrected chi connectivity index (χ2v) is 6.78. The molecule has 0 aromatic heterocycles. The van der Waals surface area contributed by atoms with Crippen molar-refractivity contribution in [2.45, 2.75) is 78.0 Å². The van der Waals surface area contributed by atoms with E-state index in [9.17, 15) is 9.59 Å². The van der Waals surface area contributed by atoms with E-state index in [4.69, 9.17) is 14.7 Å². The van der Waals surface area contributed by atoms with Crippen molar-refractivity contribution in [3.8, 4) is 6.07 Å². The maximum atomic E-state index is 12.1. The first-order valence-corrected chi connectivity index (χ1v) is 7.04. The van der Waals surface area contributed by atoms with E-state index >= 15 is 0 Å². The molecule has 0 heterocycles. The van der Waals surface area contributed by atoms with E-state index < -0.39 is 29.3 Å². The highest BCUT2D eigenvalue weighted by atomic mass is 16.6. The molecule has 21 heavy (non-hydrogen) atoms. The van der Waals surface area contributed by atoms with Gasteiger partial charge in [0.1, 0.15) is 17.2 Å². The van der Waals surface area contributed by atoms with E-state index in [1.165, 1.54) is 0 Å². The topological polar surface area (TPSA) is 88.4 Å². The number of amides is 1. The predicted octanol–water partition coefficient (Wildman–Crippen LogP) is 2.92. The largest absolute Gasteiger partial charge is 0.458 e. The maximum absolute atomic E-state index is 12.1. The third kappa shape index (κ3) is 10.7. The highest BCUT2D eigenvalue weighted by Gasteiger charge is 2.28. The number of carbonyl (C=O) groups excluding carboxylic acids is 2. The molecule has 0 spiro atoms. The van der Waals surface area contributed by atoms with Crippen molar-refractivity contribution >= 4 is 12.1 Å². The first-order valence-electron chi connectivity index (χ1n) is 7.04. The van der Waals surface area contributed by atoms with Gasteiger partial charge in [0.15, 0.2) is 0 Å². The molecular formula is C15H26N2O4. The van der Waals surface area contributed by atoms with Crippen molar-refractivity contribution in [3.05, 3.63) is 0 Å². The van der Waals surface area contributed by atoms with Crippen LogP contribution in [0.15, 0.2) is 0 Å². The van der Waals surface area contributed by atoms with Gasteiger partial charge in [0.2, 0.25) is 0 Å². The molecule has 0 unspecified atom stereocenters. The SMILES string of the molecule is CC(C)(C)OC(=O)N[C@@H](CCCC#N)C(=O)OC(C)(C)C. The number of hydrogen-bond donors (Lipinski definition) is 1. The standard InChI is InChI=1S/C15H26N2O4/c1-14(2,3)20-12(18)11(9-7-8-10-16)17-13(19)21-15(4,5)6/h11H,7-9H2,1-6H3,(H,17,19)/t11-/m0/s1. The zero-order chi connectivity index (χ0) is 16.7. The van der Waals surface area contributed by atoms with Gasteiger partial charge in [0, 0.05) is 6.42 Å². The number of hydrogen-bond acceptors (Lipinski definition) is 5. The van der Waals surface area contributed by atoms with Crippen molar-refractivity contribution < 1.29 is 19.1 Å². The Kier molecular flexibility index (Phi) is 7.20. The lowest BCUT2D eigenvalue weighted by atomic mass is 10.1. The summed E-state index contributed by atoms with van der Waals surface area (Å²) in [4.78, 5) is 23.8. The summed E-state index contributed by atoms with van der Waals surface area (Å²) in [6, 6.07) is 1.19. The average molecular weight is 298 g/mol. The van der Waals surface area contributed by atoms with Crippen LogP contribution in [-0.2, 0) is 14.3 Å². The van der Waals surface area contributed by atoms with Gasteiger partial charge in [-0.2, -0.15) is 5.26 Å². The Morgan fingerprint density at radius 1 is 1.10 bits per heavy atom. The summed E-state index contributed by atoms with van der Waals surface area (Å²) in [5.74, 6) is -0.522. The van der Waals surface area contributed by atoms with Gasteiger partial charge in [0.05, 0.1) is 6.07 Å². The normalized spacial score (nSPS) is 13.0. The highest BCUT2D eigenvalue weighted by Crippen LogP contribution is 2.13. The van der Waals surface area contributed by atoms with Gasteiger partial charge >= 0.3 is 12.1 Å². The number of nitriles is 1. The number of carbonyl (C=O) groups is 2. The second-order valence-electron chi connectivity index (χ2n) is 6.78. The van der Waals surface area contributed by atoms with Crippen LogP contribution >= 0.6 is 0 Å². The molecule has 6 nitrogen and oxygen atoms in total. The van der Waals surface area contributed by atoms with Crippen LogP contribution in [0.25, 0.3) is 0 Å². The molecule has 0 aliphatic heterocycles. The zero-order valence-electron chi connectivity index (χ0n) is 13.8. The molecule has 0 aliphatic carbocycles. The summed E-state index contributed by atoms with van der Waals surface area (Å²) in [5.41, 5.74) is -1.28. The number of unbranched alkanes of at least 4 members (excludes halogenated alkanes) is 1. The molecule has 1 amide bonds. The smallest absolute Gasteiger partial charge is 0.408 e. The quantitative estimate of drug-likeness (QED) is 0.622. The molecule has 1 atom stereocenters. The lowest BCUT2D eigenvalue weighted by molar-refractivity contribution is -0.157. The van der Waals surface area contributed by atoms with E-state index in [0.29, 0.717) is 19.3 Å². The summed E-state index contributed by atoms with van der Waals surface area (Å²) in [6.07, 6.45) is 0.475. The molecule has 0 aromatic carbocycles. The lowest BCUT2D eigenvalue weighted by Gasteiger charge is -2.26. The molecule has 6 heteroatoms. The van der Waals surface area contributed by atoms with Gasteiger partial charge in [-0.05, 0) is 54.4 Å². The molecule has 1 N–H and O–H groups in total. The number of nitrogens with one attached hydrogen (secondary N) is 1. The Labute approximate surface area is 126 Å². The second kappa shape index (κ2) is 7.87.